The SMILES string of the molecule is C=CCc1coc2ccccc2c1=O.N. The van der Waals surface area contributed by atoms with E-state index in [0.717, 1.165) is 0 Å². The molecule has 1 aromatic carbocycles. The molecule has 0 saturated heterocycles. The lowest BCUT2D eigenvalue weighted by molar-refractivity contribution is 0.595. The zero-order valence-corrected chi connectivity index (χ0v) is 8.40. The number of para-hydroxylation sites is 1. The van der Waals surface area contributed by atoms with Crippen molar-refractivity contribution in [3.63, 3.8) is 0 Å². The second-order valence-corrected chi connectivity index (χ2v) is 3.08. The highest BCUT2D eigenvalue weighted by Gasteiger charge is 2.03. The molecule has 2 aromatic rings. The van der Waals surface area contributed by atoms with Gasteiger partial charge in [0, 0.05) is 5.56 Å². The van der Waals surface area contributed by atoms with E-state index in [1.807, 2.05) is 12.1 Å². The van der Waals surface area contributed by atoms with Crippen LogP contribution in [-0.4, -0.2) is 0 Å². The second-order valence-electron chi connectivity index (χ2n) is 3.08. The van der Waals surface area contributed by atoms with Gasteiger partial charge in [0.25, 0.3) is 0 Å². The third-order valence-electron chi connectivity index (χ3n) is 2.12. The molecule has 0 saturated carbocycles. The molecule has 0 aliphatic carbocycles. The summed E-state index contributed by atoms with van der Waals surface area (Å²) in [4.78, 5) is 11.8. The third-order valence-corrected chi connectivity index (χ3v) is 2.12. The van der Waals surface area contributed by atoms with Crippen molar-refractivity contribution in [1.82, 2.24) is 6.15 Å². The van der Waals surface area contributed by atoms with Crippen LogP contribution >= 0.6 is 0 Å². The van der Waals surface area contributed by atoms with Crippen LogP contribution in [0.3, 0.4) is 0 Å². The zero-order valence-electron chi connectivity index (χ0n) is 8.40. The Balaban J connectivity index is 0.00000112. The summed E-state index contributed by atoms with van der Waals surface area (Å²) in [6.45, 7) is 3.60. The van der Waals surface area contributed by atoms with Crippen molar-refractivity contribution in [2.24, 2.45) is 0 Å². The number of benzene rings is 1. The van der Waals surface area contributed by atoms with Crippen molar-refractivity contribution >= 4 is 11.0 Å². The lowest BCUT2D eigenvalue weighted by atomic mass is 10.1. The molecule has 15 heavy (non-hydrogen) atoms. The Bertz CT molecular complexity index is 528. The highest BCUT2D eigenvalue weighted by atomic mass is 16.3. The van der Waals surface area contributed by atoms with Crippen molar-refractivity contribution in [3.8, 4) is 0 Å². The smallest absolute Gasteiger partial charge is 0.196 e. The monoisotopic (exact) mass is 203 g/mol. The average Bonchev–Trinajstić information content (AvgIpc) is 2.23. The normalized spacial score (nSPS) is 9.60. The summed E-state index contributed by atoms with van der Waals surface area (Å²) in [6.07, 6.45) is 3.75. The van der Waals surface area contributed by atoms with Gasteiger partial charge in [-0.15, -0.1) is 6.58 Å². The largest absolute Gasteiger partial charge is 0.464 e. The summed E-state index contributed by atoms with van der Waals surface area (Å²) in [5.74, 6) is 0. The van der Waals surface area contributed by atoms with Crippen LogP contribution in [0.15, 0.2) is 52.4 Å². The van der Waals surface area contributed by atoms with E-state index in [9.17, 15) is 4.79 Å². The minimum absolute atomic E-state index is 0. The molecule has 0 bridgehead atoms. The average molecular weight is 203 g/mol. The van der Waals surface area contributed by atoms with E-state index < -0.39 is 0 Å². The van der Waals surface area contributed by atoms with Gasteiger partial charge in [0.1, 0.15) is 5.58 Å². The minimum Gasteiger partial charge on any atom is -0.464 e. The molecule has 3 heteroatoms. The summed E-state index contributed by atoms with van der Waals surface area (Å²) in [7, 11) is 0. The lowest BCUT2D eigenvalue weighted by Gasteiger charge is -1.98. The summed E-state index contributed by atoms with van der Waals surface area (Å²) < 4.78 is 5.33. The number of allylic oxidation sites excluding steroid dienone is 1. The molecule has 0 radical (unpaired) electrons. The Hall–Kier alpha value is -1.87. The molecule has 0 amide bonds. The van der Waals surface area contributed by atoms with Gasteiger partial charge in [-0.2, -0.15) is 0 Å². The van der Waals surface area contributed by atoms with E-state index in [-0.39, 0.29) is 11.6 Å². The van der Waals surface area contributed by atoms with Crippen molar-refractivity contribution in [3.05, 3.63) is 59.0 Å². The summed E-state index contributed by atoms with van der Waals surface area (Å²) in [6, 6.07) is 7.23. The molecule has 3 N–H and O–H groups in total. The van der Waals surface area contributed by atoms with Crippen LogP contribution < -0.4 is 11.6 Å². The summed E-state index contributed by atoms with van der Waals surface area (Å²) in [5, 5.41) is 0.631. The Morgan fingerprint density at radius 3 is 2.80 bits per heavy atom. The van der Waals surface area contributed by atoms with E-state index in [2.05, 4.69) is 6.58 Å². The molecular weight excluding hydrogens is 190 g/mol. The van der Waals surface area contributed by atoms with Gasteiger partial charge in [-0.3, -0.25) is 4.79 Å². The number of hydrogen-bond donors (Lipinski definition) is 1. The van der Waals surface area contributed by atoms with Crippen LogP contribution in [0, 0.1) is 0 Å². The molecular formula is C12H13NO2. The number of rotatable bonds is 2. The maximum atomic E-state index is 11.8. The first-order valence-electron chi connectivity index (χ1n) is 4.43. The molecule has 0 aliphatic heterocycles. The quantitative estimate of drug-likeness (QED) is 0.763. The standard InChI is InChI=1S/C12H10O2.H3N/c1-2-5-9-8-14-11-7-4-3-6-10(11)12(9)13;/h2-4,6-8H,1,5H2;1H3. The van der Waals surface area contributed by atoms with Gasteiger partial charge in [-0.05, 0) is 18.6 Å². The predicted octanol–water partition coefficient (Wildman–Crippen LogP) is 2.68. The van der Waals surface area contributed by atoms with E-state index in [1.165, 1.54) is 6.26 Å². The van der Waals surface area contributed by atoms with Gasteiger partial charge in [-0.25, -0.2) is 0 Å². The molecule has 0 atom stereocenters. The van der Waals surface area contributed by atoms with Crippen molar-refractivity contribution in [1.29, 1.82) is 0 Å². The molecule has 0 aliphatic rings. The predicted molar refractivity (Wildman–Crippen MR) is 61.4 cm³/mol. The molecule has 78 valence electrons. The van der Waals surface area contributed by atoms with E-state index in [0.29, 0.717) is 23.0 Å². The fourth-order valence-electron chi connectivity index (χ4n) is 1.41. The Labute approximate surface area is 87.6 Å². The van der Waals surface area contributed by atoms with E-state index in [4.69, 9.17) is 4.42 Å². The van der Waals surface area contributed by atoms with Gasteiger partial charge in [-0.1, -0.05) is 18.2 Å². The first kappa shape index (κ1) is 11.2. The highest BCUT2D eigenvalue weighted by Crippen LogP contribution is 2.10. The van der Waals surface area contributed by atoms with Gasteiger partial charge >= 0.3 is 0 Å². The van der Waals surface area contributed by atoms with Crippen LogP contribution in [0.25, 0.3) is 11.0 Å². The van der Waals surface area contributed by atoms with Crippen molar-refractivity contribution < 1.29 is 4.42 Å². The van der Waals surface area contributed by atoms with Crippen LogP contribution in [0.5, 0.6) is 0 Å². The minimum atomic E-state index is 0. The maximum absolute atomic E-state index is 11.8. The summed E-state index contributed by atoms with van der Waals surface area (Å²) in [5.41, 5.74) is 1.32. The highest BCUT2D eigenvalue weighted by molar-refractivity contribution is 5.76. The Morgan fingerprint density at radius 2 is 2.07 bits per heavy atom. The van der Waals surface area contributed by atoms with Crippen LogP contribution in [0.4, 0.5) is 0 Å². The second kappa shape index (κ2) is 4.57. The van der Waals surface area contributed by atoms with Crippen LogP contribution in [-0.2, 0) is 6.42 Å². The van der Waals surface area contributed by atoms with Gasteiger partial charge in [0.2, 0.25) is 0 Å². The fourth-order valence-corrected chi connectivity index (χ4v) is 1.41. The summed E-state index contributed by atoms with van der Waals surface area (Å²) >= 11 is 0. The molecule has 0 fully saturated rings. The molecule has 0 spiro atoms. The topological polar surface area (TPSA) is 65.2 Å². The molecule has 1 heterocycles. The first-order valence-corrected chi connectivity index (χ1v) is 4.43. The van der Waals surface area contributed by atoms with Gasteiger partial charge < -0.3 is 10.6 Å². The lowest BCUT2D eigenvalue weighted by Crippen LogP contribution is -2.07. The fraction of sp³-hybridized carbons (Fsp3) is 0.0833. The van der Waals surface area contributed by atoms with Crippen LogP contribution in [0.1, 0.15) is 5.56 Å². The third kappa shape index (κ3) is 1.97. The van der Waals surface area contributed by atoms with Gasteiger partial charge in [0.05, 0.1) is 11.6 Å². The van der Waals surface area contributed by atoms with Crippen LogP contribution in [0.2, 0.25) is 0 Å². The van der Waals surface area contributed by atoms with Crippen molar-refractivity contribution in [2.75, 3.05) is 0 Å². The van der Waals surface area contributed by atoms with Gasteiger partial charge in [0.15, 0.2) is 5.43 Å². The Kier molecular flexibility index (Phi) is 3.42. The molecule has 0 unspecified atom stereocenters. The molecule has 3 nitrogen and oxygen atoms in total. The van der Waals surface area contributed by atoms with E-state index in [1.54, 1.807) is 18.2 Å². The maximum Gasteiger partial charge on any atom is 0.196 e. The van der Waals surface area contributed by atoms with Crippen molar-refractivity contribution in [2.45, 2.75) is 6.42 Å². The molecule has 2 rings (SSSR count). The number of fused-ring (bicyclic) bond motifs is 1. The Morgan fingerprint density at radius 1 is 1.33 bits per heavy atom. The zero-order chi connectivity index (χ0) is 9.97. The first-order chi connectivity index (χ1) is 6.83. The molecule has 1 aromatic heterocycles. The number of hydrogen-bond acceptors (Lipinski definition) is 3. The van der Waals surface area contributed by atoms with E-state index >= 15 is 0 Å².